The highest BCUT2D eigenvalue weighted by Crippen LogP contribution is 2.28. The van der Waals surface area contributed by atoms with Gasteiger partial charge in [-0.1, -0.05) is 18.2 Å². The number of allylic oxidation sites excluding steroid dienone is 3. The second-order valence-electron chi connectivity index (χ2n) is 3.52. The number of non-ortho nitro benzene ring substituents is 1. The van der Waals surface area contributed by atoms with Crippen LogP contribution >= 0.6 is 0 Å². The summed E-state index contributed by atoms with van der Waals surface area (Å²) < 4.78 is 5.03. The average molecular weight is 262 g/mol. The Hall–Kier alpha value is -2.63. The van der Waals surface area contributed by atoms with Crippen LogP contribution in [0.25, 0.3) is 0 Å². The lowest BCUT2D eigenvalue weighted by Gasteiger charge is -2.08. The molecule has 0 atom stereocenters. The maximum Gasteiger partial charge on any atom is 0.271 e. The van der Waals surface area contributed by atoms with E-state index in [4.69, 9.17) is 4.74 Å². The number of ether oxygens (including phenoxy) is 1. The van der Waals surface area contributed by atoms with Gasteiger partial charge in [-0.3, -0.25) is 14.9 Å². The first-order valence-electron chi connectivity index (χ1n) is 5.51. The Morgan fingerprint density at radius 2 is 2.16 bits per heavy atom. The number of hydrogen-bond acceptors (Lipinski definition) is 4. The average Bonchev–Trinajstić information content (AvgIpc) is 2.38. The third-order valence-corrected chi connectivity index (χ3v) is 2.20. The predicted molar refractivity (Wildman–Crippen MR) is 72.2 cm³/mol. The number of rotatable bonds is 5. The zero-order chi connectivity index (χ0) is 14.3. The van der Waals surface area contributed by atoms with Gasteiger partial charge in [-0.15, -0.1) is 0 Å². The van der Waals surface area contributed by atoms with E-state index in [1.54, 1.807) is 18.2 Å². The van der Waals surface area contributed by atoms with E-state index in [2.05, 4.69) is 5.32 Å². The third kappa shape index (κ3) is 4.27. The number of nitro groups is 1. The van der Waals surface area contributed by atoms with Gasteiger partial charge in [-0.25, -0.2) is 0 Å². The molecular weight excluding hydrogens is 248 g/mol. The monoisotopic (exact) mass is 262 g/mol. The van der Waals surface area contributed by atoms with Gasteiger partial charge >= 0.3 is 0 Å². The third-order valence-electron chi connectivity index (χ3n) is 2.20. The number of nitrogens with zero attached hydrogens (tertiary/aromatic N) is 1. The van der Waals surface area contributed by atoms with Crippen LogP contribution in [0.5, 0.6) is 5.75 Å². The number of amides is 1. The van der Waals surface area contributed by atoms with E-state index in [0.717, 1.165) is 0 Å². The van der Waals surface area contributed by atoms with Crippen LogP contribution in [0.3, 0.4) is 0 Å². The van der Waals surface area contributed by atoms with E-state index >= 15 is 0 Å². The van der Waals surface area contributed by atoms with Crippen LogP contribution in [0.15, 0.2) is 42.5 Å². The molecule has 0 bridgehead atoms. The first-order valence-corrected chi connectivity index (χ1v) is 5.51. The molecule has 19 heavy (non-hydrogen) atoms. The van der Waals surface area contributed by atoms with Gasteiger partial charge in [-0.05, 0) is 13.0 Å². The molecule has 6 nitrogen and oxygen atoms in total. The first-order chi connectivity index (χ1) is 9.08. The lowest BCUT2D eigenvalue weighted by Crippen LogP contribution is -2.09. The number of nitro benzene ring substituents is 1. The minimum absolute atomic E-state index is 0.117. The Morgan fingerprint density at radius 1 is 1.42 bits per heavy atom. The first kappa shape index (κ1) is 14.4. The number of carbonyl (C=O) groups is 1. The molecule has 1 N–H and O–H groups in total. The molecule has 0 aliphatic rings. The van der Waals surface area contributed by atoms with E-state index in [9.17, 15) is 14.9 Å². The quantitative estimate of drug-likeness (QED) is 0.383. The van der Waals surface area contributed by atoms with Crippen molar-refractivity contribution in [3.63, 3.8) is 0 Å². The van der Waals surface area contributed by atoms with Gasteiger partial charge in [-0.2, -0.15) is 0 Å². The van der Waals surface area contributed by atoms with Crippen molar-refractivity contribution >= 4 is 17.3 Å². The number of hydrogen-bond donors (Lipinski definition) is 1. The summed E-state index contributed by atoms with van der Waals surface area (Å²) in [6.07, 6.45) is 6.36. The summed E-state index contributed by atoms with van der Waals surface area (Å²) in [6.45, 7) is 1.83. The van der Waals surface area contributed by atoms with Crippen molar-refractivity contribution in [1.82, 2.24) is 0 Å². The van der Waals surface area contributed by atoms with Crippen molar-refractivity contribution in [1.29, 1.82) is 0 Å². The fraction of sp³-hybridized carbons (Fsp3) is 0.154. The number of benzene rings is 1. The van der Waals surface area contributed by atoms with E-state index < -0.39 is 10.8 Å². The van der Waals surface area contributed by atoms with Crippen molar-refractivity contribution in [2.24, 2.45) is 0 Å². The molecule has 1 rings (SSSR count). The van der Waals surface area contributed by atoms with E-state index in [0.29, 0.717) is 5.75 Å². The molecule has 6 heteroatoms. The zero-order valence-corrected chi connectivity index (χ0v) is 10.6. The molecular formula is C13H14N2O4. The van der Waals surface area contributed by atoms with E-state index in [1.165, 1.54) is 31.4 Å². The van der Waals surface area contributed by atoms with E-state index in [1.807, 2.05) is 6.92 Å². The summed E-state index contributed by atoms with van der Waals surface area (Å²) in [6, 6.07) is 3.99. The molecule has 1 amide bonds. The number of anilines is 1. The van der Waals surface area contributed by atoms with Gasteiger partial charge in [0.05, 0.1) is 17.7 Å². The molecule has 0 aliphatic carbocycles. The second kappa shape index (κ2) is 6.95. The molecule has 0 aliphatic heterocycles. The number of methoxy groups -OCH3 is 1. The summed E-state index contributed by atoms with van der Waals surface area (Å²) in [5, 5.41) is 13.2. The summed E-state index contributed by atoms with van der Waals surface area (Å²) >= 11 is 0. The molecule has 100 valence electrons. The van der Waals surface area contributed by atoms with Gasteiger partial charge in [0.15, 0.2) is 0 Å². The molecule has 0 unspecified atom stereocenters. The molecule has 0 spiro atoms. The predicted octanol–water partition coefficient (Wildman–Crippen LogP) is 2.67. The molecule has 0 heterocycles. The van der Waals surface area contributed by atoms with Crippen molar-refractivity contribution in [2.75, 3.05) is 12.4 Å². The van der Waals surface area contributed by atoms with Gasteiger partial charge in [0, 0.05) is 18.2 Å². The maximum atomic E-state index is 11.6. The maximum absolute atomic E-state index is 11.6. The minimum atomic E-state index is -0.537. The normalized spacial score (nSPS) is 10.8. The molecule has 0 radical (unpaired) electrons. The summed E-state index contributed by atoms with van der Waals surface area (Å²) in [5.74, 6) is -0.0321. The van der Waals surface area contributed by atoms with Crippen LogP contribution in [0.1, 0.15) is 6.92 Å². The lowest BCUT2D eigenvalue weighted by molar-refractivity contribution is -0.384. The van der Waals surface area contributed by atoms with Crippen molar-refractivity contribution in [3.8, 4) is 5.75 Å². The van der Waals surface area contributed by atoms with Crippen LogP contribution in [-0.4, -0.2) is 17.9 Å². The van der Waals surface area contributed by atoms with Gasteiger partial charge in [0.1, 0.15) is 5.75 Å². The number of carbonyl (C=O) groups excluding carboxylic acids is 1. The standard InChI is InChI=1S/C13H14N2O4/c1-3-4-5-6-13(16)14-11-9-10(15(17)18)7-8-12(11)19-2/h3-9H,1-2H3,(H,14,16)/b4-3+,6-5+. The molecule has 0 aromatic heterocycles. The molecule has 1 aromatic rings. The topological polar surface area (TPSA) is 81.5 Å². The molecule has 0 saturated carbocycles. The SMILES string of the molecule is C/C=C/C=C/C(=O)Nc1cc([N+](=O)[O-])ccc1OC. The van der Waals surface area contributed by atoms with Crippen LogP contribution in [0, 0.1) is 10.1 Å². The largest absolute Gasteiger partial charge is 0.495 e. The van der Waals surface area contributed by atoms with Gasteiger partial charge in [0.2, 0.25) is 5.91 Å². The Kier molecular flexibility index (Phi) is 5.28. The van der Waals surface area contributed by atoms with Gasteiger partial charge < -0.3 is 10.1 Å². The summed E-state index contributed by atoms with van der Waals surface area (Å²) in [5.41, 5.74) is 0.139. The smallest absolute Gasteiger partial charge is 0.271 e. The zero-order valence-electron chi connectivity index (χ0n) is 10.6. The second-order valence-corrected chi connectivity index (χ2v) is 3.52. The van der Waals surface area contributed by atoms with Crippen LogP contribution in [0.4, 0.5) is 11.4 Å². The minimum Gasteiger partial charge on any atom is -0.495 e. The Morgan fingerprint density at radius 3 is 2.74 bits per heavy atom. The van der Waals surface area contributed by atoms with E-state index in [-0.39, 0.29) is 11.4 Å². The van der Waals surface area contributed by atoms with Crippen molar-refractivity contribution < 1.29 is 14.5 Å². The molecule has 1 aromatic carbocycles. The molecule has 0 saturated heterocycles. The van der Waals surface area contributed by atoms with Crippen molar-refractivity contribution in [3.05, 3.63) is 52.6 Å². The summed E-state index contributed by atoms with van der Waals surface area (Å²) in [4.78, 5) is 21.7. The van der Waals surface area contributed by atoms with Crippen LogP contribution < -0.4 is 10.1 Å². The highest BCUT2D eigenvalue weighted by molar-refractivity contribution is 6.00. The Bertz CT molecular complexity index is 535. The Balaban J connectivity index is 2.94. The van der Waals surface area contributed by atoms with Gasteiger partial charge in [0.25, 0.3) is 5.69 Å². The fourth-order valence-corrected chi connectivity index (χ4v) is 1.34. The molecule has 0 fully saturated rings. The summed E-state index contributed by atoms with van der Waals surface area (Å²) in [7, 11) is 1.42. The number of nitrogens with one attached hydrogen (secondary N) is 1. The highest BCUT2D eigenvalue weighted by Gasteiger charge is 2.12. The van der Waals surface area contributed by atoms with Crippen LogP contribution in [-0.2, 0) is 4.79 Å². The van der Waals surface area contributed by atoms with Crippen LogP contribution in [0.2, 0.25) is 0 Å². The Labute approximate surface area is 110 Å². The fourth-order valence-electron chi connectivity index (χ4n) is 1.34. The lowest BCUT2D eigenvalue weighted by atomic mass is 10.2. The highest BCUT2D eigenvalue weighted by atomic mass is 16.6. The van der Waals surface area contributed by atoms with Crippen molar-refractivity contribution in [2.45, 2.75) is 6.92 Å².